The quantitative estimate of drug-likeness (QED) is 0.598. The molecule has 17 heavy (non-hydrogen) atoms. The van der Waals surface area contributed by atoms with Crippen LogP contribution in [0.25, 0.3) is 0 Å². The summed E-state index contributed by atoms with van der Waals surface area (Å²) in [7, 11) is 0. The van der Waals surface area contributed by atoms with Crippen LogP contribution in [0.15, 0.2) is 0 Å². The van der Waals surface area contributed by atoms with Crippen LogP contribution in [0, 0.1) is 0 Å². The molecule has 4 N–H and O–H groups in total. The zero-order valence-corrected chi connectivity index (χ0v) is 10.4. The Morgan fingerprint density at radius 3 is 2.71 bits per heavy atom. The predicted octanol–water partition coefficient (Wildman–Crippen LogP) is -0.865. The summed E-state index contributed by atoms with van der Waals surface area (Å²) >= 11 is 0. The first-order valence-electron chi connectivity index (χ1n) is 5.83. The summed E-state index contributed by atoms with van der Waals surface area (Å²) in [6.45, 7) is 4.53. The van der Waals surface area contributed by atoms with Gasteiger partial charge in [0.25, 0.3) is 0 Å². The van der Waals surface area contributed by atoms with E-state index in [1.165, 1.54) is 0 Å². The summed E-state index contributed by atoms with van der Waals surface area (Å²) < 4.78 is 5.56. The number of carbonyl (C=O) groups is 2. The predicted molar refractivity (Wildman–Crippen MR) is 63.3 cm³/mol. The Morgan fingerprint density at radius 1 is 1.41 bits per heavy atom. The maximum absolute atomic E-state index is 11.5. The van der Waals surface area contributed by atoms with E-state index in [4.69, 9.17) is 10.5 Å². The highest BCUT2D eigenvalue weighted by atomic mass is 16.5. The molecule has 0 aromatic rings. The number of nitrogens with one attached hydrogen (secondary N) is 2. The number of hydrogen-bond acceptors (Lipinski definition) is 4. The fourth-order valence-electron chi connectivity index (χ4n) is 1.88. The van der Waals surface area contributed by atoms with Crippen LogP contribution in [0.4, 0.5) is 0 Å². The van der Waals surface area contributed by atoms with Gasteiger partial charge >= 0.3 is 0 Å². The van der Waals surface area contributed by atoms with E-state index in [1.54, 1.807) is 0 Å². The average Bonchev–Trinajstić information content (AvgIpc) is 2.24. The van der Waals surface area contributed by atoms with Gasteiger partial charge in [0.1, 0.15) is 0 Å². The summed E-state index contributed by atoms with van der Waals surface area (Å²) in [6.07, 6.45) is 1.59. The second-order valence-corrected chi connectivity index (χ2v) is 4.85. The number of nitrogens with two attached hydrogens (primary N) is 1. The first kappa shape index (κ1) is 13.9. The van der Waals surface area contributed by atoms with Crippen molar-refractivity contribution >= 4 is 11.8 Å². The van der Waals surface area contributed by atoms with Crippen molar-refractivity contribution in [3.05, 3.63) is 0 Å². The lowest BCUT2D eigenvalue weighted by Crippen LogP contribution is -2.48. The van der Waals surface area contributed by atoms with E-state index >= 15 is 0 Å². The molecule has 1 unspecified atom stereocenters. The van der Waals surface area contributed by atoms with Gasteiger partial charge in [0.15, 0.2) is 0 Å². The second kappa shape index (κ2) is 5.97. The summed E-state index contributed by atoms with van der Waals surface area (Å²) in [5.74, 6) is -0.512. The van der Waals surface area contributed by atoms with Crippen molar-refractivity contribution in [2.45, 2.75) is 38.3 Å². The first-order valence-corrected chi connectivity index (χ1v) is 5.83. The van der Waals surface area contributed by atoms with Gasteiger partial charge in [0.05, 0.1) is 18.7 Å². The molecule has 6 heteroatoms. The van der Waals surface area contributed by atoms with E-state index in [-0.39, 0.29) is 36.5 Å². The van der Waals surface area contributed by atoms with Gasteiger partial charge in [-0.2, -0.15) is 0 Å². The third-order valence-corrected chi connectivity index (χ3v) is 2.69. The lowest BCUT2D eigenvalue weighted by molar-refractivity contribution is -0.127. The third-order valence-electron chi connectivity index (χ3n) is 2.69. The fourth-order valence-corrected chi connectivity index (χ4v) is 1.88. The zero-order chi connectivity index (χ0) is 12.9. The number of ether oxygens (including phenoxy) is 1. The van der Waals surface area contributed by atoms with Gasteiger partial charge in [0.2, 0.25) is 11.8 Å². The molecule has 2 amide bonds. The molecule has 1 atom stereocenters. The Labute approximate surface area is 101 Å². The maximum atomic E-state index is 11.5. The monoisotopic (exact) mass is 243 g/mol. The maximum Gasteiger partial charge on any atom is 0.239 e. The lowest BCUT2D eigenvalue weighted by atomic mass is 9.94. The van der Waals surface area contributed by atoms with E-state index < -0.39 is 0 Å². The largest absolute Gasteiger partial charge is 0.375 e. The van der Waals surface area contributed by atoms with Crippen molar-refractivity contribution in [1.29, 1.82) is 0 Å². The molecule has 1 saturated heterocycles. The van der Waals surface area contributed by atoms with Crippen molar-refractivity contribution < 1.29 is 14.3 Å². The van der Waals surface area contributed by atoms with Crippen LogP contribution in [0.2, 0.25) is 0 Å². The summed E-state index contributed by atoms with van der Waals surface area (Å²) in [5, 5.41) is 5.31. The second-order valence-electron chi connectivity index (χ2n) is 4.85. The molecule has 1 aliphatic heterocycles. The van der Waals surface area contributed by atoms with Crippen LogP contribution in [0.1, 0.15) is 26.7 Å². The highest BCUT2D eigenvalue weighted by molar-refractivity contribution is 5.85. The summed E-state index contributed by atoms with van der Waals surface area (Å²) in [4.78, 5) is 22.4. The molecular formula is C11H21N3O3. The zero-order valence-electron chi connectivity index (χ0n) is 10.4. The first-order chi connectivity index (χ1) is 7.93. The lowest BCUT2D eigenvalue weighted by Gasteiger charge is -2.35. The highest BCUT2D eigenvalue weighted by Gasteiger charge is 2.29. The SMILES string of the molecule is CC1(C)CC(NC(=O)CNC(=O)CN)CCO1. The van der Waals surface area contributed by atoms with Crippen molar-refractivity contribution in [2.75, 3.05) is 19.7 Å². The Balaban J connectivity index is 2.28. The van der Waals surface area contributed by atoms with Crippen molar-refractivity contribution in [3.63, 3.8) is 0 Å². The third kappa shape index (κ3) is 5.14. The van der Waals surface area contributed by atoms with Gasteiger partial charge in [-0.1, -0.05) is 0 Å². The number of carbonyl (C=O) groups excluding carboxylic acids is 2. The molecule has 1 fully saturated rings. The smallest absolute Gasteiger partial charge is 0.239 e. The molecule has 1 aliphatic rings. The van der Waals surface area contributed by atoms with E-state index in [0.29, 0.717) is 6.61 Å². The van der Waals surface area contributed by atoms with Crippen LogP contribution in [-0.2, 0) is 14.3 Å². The molecule has 0 bridgehead atoms. The molecule has 0 saturated carbocycles. The van der Waals surface area contributed by atoms with Crippen LogP contribution in [0.5, 0.6) is 0 Å². The normalized spacial score (nSPS) is 22.9. The van der Waals surface area contributed by atoms with Crippen molar-refractivity contribution in [3.8, 4) is 0 Å². The van der Waals surface area contributed by atoms with Crippen LogP contribution >= 0.6 is 0 Å². The molecule has 0 aliphatic carbocycles. The topological polar surface area (TPSA) is 93.5 Å². The molecule has 0 aromatic heterocycles. The summed E-state index contributed by atoms with van der Waals surface area (Å²) in [5.41, 5.74) is 4.92. The Morgan fingerprint density at radius 2 is 2.12 bits per heavy atom. The van der Waals surface area contributed by atoms with Gasteiger partial charge in [-0.05, 0) is 26.7 Å². The van der Waals surface area contributed by atoms with Gasteiger partial charge in [-0.3, -0.25) is 9.59 Å². The van der Waals surface area contributed by atoms with E-state index in [9.17, 15) is 9.59 Å². The molecule has 1 heterocycles. The minimum Gasteiger partial charge on any atom is -0.375 e. The molecule has 0 aromatic carbocycles. The van der Waals surface area contributed by atoms with Crippen LogP contribution < -0.4 is 16.4 Å². The van der Waals surface area contributed by atoms with Crippen molar-refractivity contribution in [1.82, 2.24) is 10.6 Å². The van der Waals surface area contributed by atoms with Crippen LogP contribution in [0.3, 0.4) is 0 Å². The van der Waals surface area contributed by atoms with Crippen LogP contribution in [-0.4, -0.2) is 43.2 Å². The molecule has 0 radical (unpaired) electrons. The van der Waals surface area contributed by atoms with Gasteiger partial charge in [-0.15, -0.1) is 0 Å². The fraction of sp³-hybridized carbons (Fsp3) is 0.818. The van der Waals surface area contributed by atoms with Gasteiger partial charge < -0.3 is 21.1 Å². The van der Waals surface area contributed by atoms with Gasteiger partial charge in [-0.25, -0.2) is 0 Å². The number of rotatable bonds is 4. The summed E-state index contributed by atoms with van der Waals surface area (Å²) in [6, 6.07) is 0.112. The molecule has 1 rings (SSSR count). The van der Waals surface area contributed by atoms with Crippen molar-refractivity contribution in [2.24, 2.45) is 5.73 Å². The van der Waals surface area contributed by atoms with E-state index in [1.807, 2.05) is 13.8 Å². The molecule has 6 nitrogen and oxygen atoms in total. The average molecular weight is 243 g/mol. The Hall–Kier alpha value is -1.14. The molecular weight excluding hydrogens is 222 g/mol. The highest BCUT2D eigenvalue weighted by Crippen LogP contribution is 2.23. The standard InChI is InChI=1S/C11H21N3O3/c1-11(2)5-8(3-4-17-11)14-10(16)7-13-9(15)6-12/h8H,3-7,12H2,1-2H3,(H,13,15)(H,14,16). The minimum absolute atomic E-state index is 0.0200. The Kier molecular flexibility index (Phi) is 4.89. The molecule has 0 spiro atoms. The minimum atomic E-state index is -0.326. The van der Waals surface area contributed by atoms with E-state index in [2.05, 4.69) is 10.6 Å². The number of hydrogen-bond donors (Lipinski definition) is 3. The van der Waals surface area contributed by atoms with Gasteiger partial charge in [0, 0.05) is 12.6 Å². The number of amides is 2. The molecule has 98 valence electrons. The Bertz CT molecular complexity index is 292. The van der Waals surface area contributed by atoms with E-state index in [0.717, 1.165) is 12.8 Å².